The largest absolute Gasteiger partial charge is 0.523 e. The Hall–Kier alpha value is -3.64. The molecule has 1 N–H and O–H groups in total. The number of rotatable bonds is 5. The number of hydrogen-bond acceptors (Lipinski definition) is 6. The van der Waals surface area contributed by atoms with Crippen molar-refractivity contribution in [2.24, 2.45) is 11.8 Å². The Kier molecular flexibility index (Phi) is 6.56. The van der Waals surface area contributed by atoms with Crippen molar-refractivity contribution in [3.8, 4) is 22.6 Å². The van der Waals surface area contributed by atoms with Gasteiger partial charge in [-0.05, 0) is 49.4 Å². The number of allylic oxidation sites excluding steroid dienone is 2. The van der Waals surface area contributed by atoms with Crippen molar-refractivity contribution in [3.05, 3.63) is 88.2 Å². The number of benzene rings is 1. The summed E-state index contributed by atoms with van der Waals surface area (Å²) in [6, 6.07) is 10.1. The lowest BCUT2D eigenvalue weighted by Gasteiger charge is -2.48. The van der Waals surface area contributed by atoms with Gasteiger partial charge in [0, 0.05) is 52.6 Å². The number of fused-ring (bicyclic) bond motifs is 3. The molecule has 38 heavy (non-hydrogen) atoms. The lowest BCUT2D eigenvalue weighted by atomic mass is 9.57. The summed E-state index contributed by atoms with van der Waals surface area (Å²) in [4.78, 5) is 17.9. The van der Waals surface area contributed by atoms with Crippen molar-refractivity contribution in [1.82, 2.24) is 15.0 Å². The maximum Gasteiger partial charge on any atom is 0.203 e. The number of aryl methyl sites for hydroxylation is 1. The van der Waals surface area contributed by atoms with Gasteiger partial charge in [0.25, 0.3) is 0 Å². The minimum absolute atomic E-state index is 0.00774. The number of halogens is 1. The van der Waals surface area contributed by atoms with E-state index in [1.807, 2.05) is 6.92 Å². The molecule has 0 unspecified atom stereocenters. The highest BCUT2D eigenvalue weighted by atomic mass is 32.2. The van der Waals surface area contributed by atoms with E-state index in [2.05, 4.69) is 16.8 Å². The molecule has 0 saturated heterocycles. The predicted molar refractivity (Wildman–Crippen MR) is 143 cm³/mol. The second-order valence-corrected chi connectivity index (χ2v) is 12.9. The Balaban J connectivity index is 1.67. The smallest absolute Gasteiger partial charge is 0.203 e. The molecule has 0 fully saturated rings. The molecule has 0 bridgehead atoms. The van der Waals surface area contributed by atoms with Gasteiger partial charge in [-0.15, -0.1) is 0 Å². The summed E-state index contributed by atoms with van der Waals surface area (Å²) < 4.78 is 38.2. The van der Waals surface area contributed by atoms with E-state index in [4.69, 9.17) is 16.5 Å². The van der Waals surface area contributed by atoms with Gasteiger partial charge in [0.15, 0.2) is 5.82 Å². The lowest BCUT2D eigenvalue weighted by Crippen LogP contribution is -2.45. The number of aliphatic hydroxyl groups excluding tert-OH is 1. The number of pyridine rings is 1. The van der Waals surface area contributed by atoms with Crippen molar-refractivity contribution < 1.29 is 17.9 Å². The van der Waals surface area contributed by atoms with E-state index in [0.717, 1.165) is 17.7 Å². The fourth-order valence-corrected chi connectivity index (χ4v) is 6.57. The minimum Gasteiger partial charge on any atom is -0.523 e. The topological polar surface area (TPSA) is 97.4 Å². The van der Waals surface area contributed by atoms with Crippen molar-refractivity contribution in [2.45, 2.75) is 44.9 Å². The summed E-state index contributed by atoms with van der Waals surface area (Å²) in [6.45, 7) is 11.7. The van der Waals surface area contributed by atoms with Crippen LogP contribution in [0.25, 0.3) is 27.5 Å². The fourth-order valence-electron chi connectivity index (χ4n) is 5.99. The monoisotopic (exact) mass is 532 g/mol. The first kappa shape index (κ1) is 26.0. The summed E-state index contributed by atoms with van der Waals surface area (Å²) >= 11 is 0. The number of nitrogens with zero attached hydrogens (tertiary/aromatic N) is 4. The number of aromatic nitrogens is 3. The van der Waals surface area contributed by atoms with Gasteiger partial charge < -0.3 is 5.11 Å². The standard InChI is InChI=1S/C29H29FN4O3S/c1-17-22-12-11-21-25(20-7-5-6-8-23(20)30)33-28(18-9-10-19(32-16-18)13-14-38(4,36)37)34-27(21)29(22,2)15-24(31-3)26(17)35/h5-10,16-17,22,35H,11-15H2,1-2,4H3/t17-,22-,29-/m1/s1. The quantitative estimate of drug-likeness (QED) is 0.437. The average molecular weight is 533 g/mol. The van der Waals surface area contributed by atoms with Crippen molar-refractivity contribution >= 4 is 9.84 Å². The van der Waals surface area contributed by atoms with Crippen LogP contribution in [-0.2, 0) is 28.1 Å². The molecule has 0 amide bonds. The van der Waals surface area contributed by atoms with Gasteiger partial charge in [-0.1, -0.05) is 26.0 Å². The first-order chi connectivity index (χ1) is 18.0. The van der Waals surface area contributed by atoms with Gasteiger partial charge >= 0.3 is 0 Å². The van der Waals surface area contributed by atoms with Gasteiger partial charge in [0.1, 0.15) is 15.7 Å². The van der Waals surface area contributed by atoms with E-state index in [9.17, 15) is 13.5 Å². The molecule has 7 nitrogen and oxygen atoms in total. The molecule has 5 rings (SSSR count). The summed E-state index contributed by atoms with van der Waals surface area (Å²) in [5, 5.41) is 10.7. The average Bonchev–Trinajstić information content (AvgIpc) is 2.89. The predicted octanol–water partition coefficient (Wildman–Crippen LogP) is 5.48. The molecule has 2 heterocycles. The zero-order valence-corrected chi connectivity index (χ0v) is 22.4. The van der Waals surface area contributed by atoms with Crippen LogP contribution in [-0.4, -0.2) is 40.5 Å². The number of hydrogen-bond donors (Lipinski definition) is 1. The summed E-state index contributed by atoms with van der Waals surface area (Å²) in [7, 11) is -3.11. The van der Waals surface area contributed by atoms with Crippen molar-refractivity contribution in [2.75, 3.05) is 12.0 Å². The van der Waals surface area contributed by atoms with Crippen LogP contribution in [0.5, 0.6) is 0 Å². The second kappa shape index (κ2) is 9.59. The van der Waals surface area contributed by atoms with Crippen molar-refractivity contribution in [1.29, 1.82) is 0 Å². The number of aliphatic hydroxyl groups is 1. The highest BCUT2D eigenvalue weighted by Gasteiger charge is 2.50. The van der Waals surface area contributed by atoms with Crippen LogP contribution in [0.15, 0.2) is 54.1 Å². The third-order valence-electron chi connectivity index (χ3n) is 8.01. The van der Waals surface area contributed by atoms with Crippen LogP contribution in [0.4, 0.5) is 4.39 Å². The Bertz CT molecular complexity index is 1590. The van der Waals surface area contributed by atoms with Crippen LogP contribution in [0, 0.1) is 24.2 Å². The molecule has 0 radical (unpaired) electrons. The molecule has 2 aliphatic rings. The van der Waals surface area contributed by atoms with Crippen LogP contribution < -0.4 is 0 Å². The molecule has 3 aromatic rings. The maximum atomic E-state index is 15.1. The van der Waals surface area contributed by atoms with E-state index in [-0.39, 0.29) is 29.2 Å². The van der Waals surface area contributed by atoms with E-state index in [0.29, 0.717) is 53.3 Å². The zero-order chi connectivity index (χ0) is 27.2. The Labute approximate surface area is 222 Å². The Morgan fingerprint density at radius 3 is 2.63 bits per heavy atom. The van der Waals surface area contributed by atoms with Gasteiger partial charge in [0.05, 0.1) is 29.5 Å². The third-order valence-corrected chi connectivity index (χ3v) is 8.96. The van der Waals surface area contributed by atoms with Crippen LogP contribution in [0.1, 0.15) is 43.6 Å². The summed E-state index contributed by atoms with van der Waals surface area (Å²) in [5.74, 6) is 0.0428. The molecule has 0 saturated carbocycles. The zero-order valence-electron chi connectivity index (χ0n) is 21.6. The molecular weight excluding hydrogens is 503 g/mol. The van der Waals surface area contributed by atoms with Gasteiger partial charge in [-0.3, -0.25) is 4.98 Å². The summed E-state index contributed by atoms with van der Waals surface area (Å²) in [5.41, 5.74) is 3.63. The van der Waals surface area contributed by atoms with E-state index in [1.54, 1.807) is 36.5 Å². The van der Waals surface area contributed by atoms with Gasteiger partial charge in [-0.2, -0.15) is 0 Å². The second-order valence-electron chi connectivity index (χ2n) is 10.6. The van der Waals surface area contributed by atoms with E-state index >= 15 is 4.39 Å². The third kappa shape index (κ3) is 4.58. The van der Waals surface area contributed by atoms with E-state index < -0.39 is 15.3 Å². The van der Waals surface area contributed by atoms with Gasteiger partial charge in [0.2, 0.25) is 5.70 Å². The fraction of sp³-hybridized carbons (Fsp3) is 0.379. The minimum atomic E-state index is -3.11. The molecule has 1 aromatic carbocycles. The molecule has 9 heteroatoms. The molecule has 2 aliphatic carbocycles. The van der Waals surface area contributed by atoms with E-state index in [1.165, 1.54) is 12.3 Å². The highest BCUT2D eigenvalue weighted by molar-refractivity contribution is 7.90. The number of sulfone groups is 1. The summed E-state index contributed by atoms with van der Waals surface area (Å²) in [6.07, 6.45) is 4.86. The SMILES string of the molecule is [C-]#[N+]C1=C(O)[C@H](C)[C@H]2CCc3c(-c4ccccc4F)nc(-c4ccc(CCS(C)(=O)=O)nc4)nc3[C@]2(C)C1. The first-order valence-electron chi connectivity index (χ1n) is 12.6. The maximum absolute atomic E-state index is 15.1. The molecule has 3 atom stereocenters. The molecule has 2 aromatic heterocycles. The Morgan fingerprint density at radius 2 is 1.97 bits per heavy atom. The van der Waals surface area contributed by atoms with Crippen LogP contribution >= 0.6 is 0 Å². The molecule has 196 valence electrons. The van der Waals surface area contributed by atoms with Crippen LogP contribution in [0.3, 0.4) is 0 Å². The van der Waals surface area contributed by atoms with Crippen LogP contribution in [0.2, 0.25) is 0 Å². The molecular formula is C29H29FN4O3S. The molecule has 0 spiro atoms. The molecule has 0 aliphatic heterocycles. The van der Waals surface area contributed by atoms with Crippen molar-refractivity contribution in [3.63, 3.8) is 0 Å². The highest BCUT2D eigenvalue weighted by Crippen LogP contribution is 2.54. The lowest BCUT2D eigenvalue weighted by molar-refractivity contribution is 0.135. The normalized spacial score (nSPS) is 22.9. The van der Waals surface area contributed by atoms with Gasteiger partial charge in [-0.25, -0.2) is 27.6 Å². The Morgan fingerprint density at radius 1 is 1.21 bits per heavy atom. The first-order valence-corrected chi connectivity index (χ1v) is 14.7.